The summed E-state index contributed by atoms with van der Waals surface area (Å²) in [5.41, 5.74) is 15.0. The number of hydrogen-bond acceptors (Lipinski definition) is 4. The van der Waals surface area contributed by atoms with E-state index in [0.717, 1.165) is 68.3 Å². The molecule has 62 heavy (non-hydrogen) atoms. The second-order valence-corrected chi connectivity index (χ2v) is 15.9. The van der Waals surface area contributed by atoms with E-state index in [9.17, 15) is 0 Å². The van der Waals surface area contributed by atoms with Crippen molar-refractivity contribution in [1.82, 2.24) is 19.5 Å². The van der Waals surface area contributed by atoms with E-state index >= 15 is 0 Å². The van der Waals surface area contributed by atoms with Gasteiger partial charge in [-0.1, -0.05) is 146 Å². The molecule has 12 rings (SSSR count). The second-order valence-electron chi connectivity index (χ2n) is 15.9. The summed E-state index contributed by atoms with van der Waals surface area (Å²) in [7, 11) is 0. The Balaban J connectivity index is 1.000. The van der Waals surface area contributed by atoms with E-state index in [0.29, 0.717) is 17.5 Å². The molecule has 292 valence electrons. The van der Waals surface area contributed by atoms with Gasteiger partial charge in [-0.05, 0) is 107 Å². The summed E-state index contributed by atoms with van der Waals surface area (Å²) < 4.78 is 8.59. The zero-order valence-electron chi connectivity index (χ0n) is 33.7. The molecule has 0 fully saturated rings. The first-order chi connectivity index (χ1) is 30.7. The molecule has 8 aromatic carbocycles. The van der Waals surface area contributed by atoms with Crippen molar-refractivity contribution in [1.29, 1.82) is 0 Å². The van der Waals surface area contributed by atoms with Crippen molar-refractivity contribution >= 4 is 49.3 Å². The first-order valence-electron chi connectivity index (χ1n) is 21.2. The quantitative estimate of drug-likeness (QED) is 0.161. The maximum absolute atomic E-state index is 6.15. The number of aromatic nitrogens is 4. The summed E-state index contributed by atoms with van der Waals surface area (Å²) in [6.45, 7) is 0. The van der Waals surface area contributed by atoms with E-state index in [1.807, 2.05) is 60.7 Å². The molecule has 1 aliphatic rings. The first kappa shape index (κ1) is 35.8. The Hall–Kier alpha value is -8.15. The molecule has 0 N–H and O–H groups in total. The van der Waals surface area contributed by atoms with Crippen molar-refractivity contribution in [3.05, 3.63) is 212 Å². The van der Waals surface area contributed by atoms with Crippen LogP contribution in [-0.2, 0) is 0 Å². The Labute approximate surface area is 358 Å². The van der Waals surface area contributed by atoms with Crippen LogP contribution >= 0.6 is 0 Å². The number of fused-ring (bicyclic) bond motifs is 6. The molecule has 3 aromatic heterocycles. The monoisotopic (exact) mass is 794 g/mol. The van der Waals surface area contributed by atoms with Crippen molar-refractivity contribution in [3.8, 4) is 62.1 Å². The van der Waals surface area contributed by atoms with Gasteiger partial charge in [-0.25, -0.2) is 15.0 Å². The standard InChI is InChI=1S/C57H38N4O/c1-4-16-37(17-5-1)44-35-48(38-18-6-2-7-19-38)54-47-27-10-12-28-50(47)61(51(54)36-44)45-25-15-23-41(33-45)40-22-14-24-42(32-40)56-58-55(39-20-8-3-9-21-39)59-57(60-56)43-30-31-53-49(34-43)46-26-11-13-29-52(46)62-53/h1,3-6,8-36H,2,7H2. The molecule has 3 heterocycles. The molecule has 0 amide bonds. The Morgan fingerprint density at radius 1 is 0.403 bits per heavy atom. The van der Waals surface area contributed by atoms with Crippen molar-refractivity contribution < 1.29 is 4.42 Å². The molecular formula is C57H38N4O. The summed E-state index contributed by atoms with van der Waals surface area (Å²) in [6.07, 6.45) is 9.10. The highest BCUT2D eigenvalue weighted by molar-refractivity contribution is 6.15. The van der Waals surface area contributed by atoms with Crippen molar-refractivity contribution in [2.24, 2.45) is 0 Å². The number of furan rings is 1. The average Bonchev–Trinajstić information content (AvgIpc) is 3.90. The van der Waals surface area contributed by atoms with Crippen LogP contribution in [0, 0.1) is 0 Å². The smallest absolute Gasteiger partial charge is 0.164 e. The molecule has 0 atom stereocenters. The van der Waals surface area contributed by atoms with Crippen LogP contribution in [0.2, 0.25) is 0 Å². The minimum absolute atomic E-state index is 0.605. The third-order valence-corrected chi connectivity index (χ3v) is 12.0. The number of allylic oxidation sites excluding steroid dienone is 4. The fourth-order valence-corrected chi connectivity index (χ4v) is 9.09. The van der Waals surface area contributed by atoms with Crippen LogP contribution in [0.4, 0.5) is 0 Å². The second kappa shape index (κ2) is 14.8. The van der Waals surface area contributed by atoms with Crippen LogP contribution in [0.25, 0.3) is 111 Å². The number of benzene rings is 8. The van der Waals surface area contributed by atoms with Gasteiger partial charge >= 0.3 is 0 Å². The number of nitrogens with zero attached hydrogens (tertiary/aromatic N) is 4. The zero-order valence-corrected chi connectivity index (χ0v) is 33.7. The van der Waals surface area contributed by atoms with Gasteiger partial charge in [-0.15, -0.1) is 0 Å². The maximum atomic E-state index is 6.15. The molecule has 0 aliphatic heterocycles. The third kappa shape index (κ3) is 6.22. The summed E-state index contributed by atoms with van der Waals surface area (Å²) in [4.78, 5) is 15.3. The molecular weight excluding hydrogens is 757 g/mol. The van der Waals surface area contributed by atoms with E-state index in [1.165, 1.54) is 44.1 Å². The Morgan fingerprint density at radius 3 is 1.82 bits per heavy atom. The van der Waals surface area contributed by atoms with E-state index < -0.39 is 0 Å². The van der Waals surface area contributed by atoms with Crippen LogP contribution in [0.5, 0.6) is 0 Å². The normalized spacial score (nSPS) is 12.7. The predicted molar refractivity (Wildman–Crippen MR) is 255 cm³/mol. The van der Waals surface area contributed by atoms with Crippen molar-refractivity contribution in [2.45, 2.75) is 12.8 Å². The Kier molecular flexibility index (Phi) is 8.56. The fourth-order valence-electron chi connectivity index (χ4n) is 9.09. The molecule has 0 radical (unpaired) electrons. The van der Waals surface area contributed by atoms with Gasteiger partial charge in [0.25, 0.3) is 0 Å². The molecule has 11 aromatic rings. The predicted octanol–water partition coefficient (Wildman–Crippen LogP) is 14.9. The summed E-state index contributed by atoms with van der Waals surface area (Å²) in [5.74, 6) is 1.84. The van der Waals surface area contributed by atoms with Gasteiger partial charge < -0.3 is 8.98 Å². The van der Waals surface area contributed by atoms with E-state index in [2.05, 4.69) is 150 Å². The number of rotatable bonds is 7. The molecule has 0 saturated heterocycles. The Bertz CT molecular complexity index is 3580. The fraction of sp³-hybridized carbons (Fsp3) is 0.0351. The molecule has 1 aliphatic carbocycles. The van der Waals surface area contributed by atoms with Gasteiger partial charge in [0.05, 0.1) is 11.0 Å². The minimum atomic E-state index is 0.605. The van der Waals surface area contributed by atoms with Gasteiger partial charge in [-0.3, -0.25) is 0 Å². The lowest BCUT2D eigenvalue weighted by molar-refractivity contribution is 0.669. The maximum Gasteiger partial charge on any atom is 0.164 e. The van der Waals surface area contributed by atoms with Crippen LogP contribution in [0.15, 0.2) is 211 Å². The first-order valence-corrected chi connectivity index (χ1v) is 21.2. The van der Waals surface area contributed by atoms with Gasteiger partial charge in [-0.2, -0.15) is 0 Å². The van der Waals surface area contributed by atoms with E-state index in [-0.39, 0.29) is 0 Å². The van der Waals surface area contributed by atoms with Gasteiger partial charge in [0.15, 0.2) is 17.5 Å². The number of hydrogen-bond donors (Lipinski definition) is 0. The van der Waals surface area contributed by atoms with Gasteiger partial charge in [0.2, 0.25) is 0 Å². The third-order valence-electron chi connectivity index (χ3n) is 12.0. The molecule has 0 bridgehead atoms. The molecule has 0 saturated carbocycles. The summed E-state index contributed by atoms with van der Waals surface area (Å²) in [6, 6.07) is 66.1. The van der Waals surface area contributed by atoms with Crippen LogP contribution < -0.4 is 0 Å². The minimum Gasteiger partial charge on any atom is -0.456 e. The highest BCUT2D eigenvalue weighted by Gasteiger charge is 2.20. The highest BCUT2D eigenvalue weighted by atomic mass is 16.3. The van der Waals surface area contributed by atoms with Gasteiger partial charge in [0.1, 0.15) is 11.2 Å². The number of para-hydroxylation sites is 2. The molecule has 5 nitrogen and oxygen atoms in total. The van der Waals surface area contributed by atoms with E-state index in [4.69, 9.17) is 19.4 Å². The lowest BCUT2D eigenvalue weighted by atomic mass is 9.92. The molecule has 5 heteroatoms. The highest BCUT2D eigenvalue weighted by Crippen LogP contribution is 2.42. The summed E-state index contributed by atoms with van der Waals surface area (Å²) >= 11 is 0. The SMILES string of the molecule is C1=CC(c2cc(-c3ccccc3)cc3c2c2ccccc2n3-c2cccc(-c3cccc(-c4nc(-c5ccccc5)nc(-c5ccc6oc7ccccc7c6c5)n4)c3)c2)=CCC1. The van der Waals surface area contributed by atoms with Crippen LogP contribution in [0.1, 0.15) is 18.4 Å². The molecule has 0 spiro atoms. The average molecular weight is 795 g/mol. The Morgan fingerprint density at radius 2 is 1.03 bits per heavy atom. The van der Waals surface area contributed by atoms with E-state index in [1.54, 1.807) is 0 Å². The van der Waals surface area contributed by atoms with Crippen molar-refractivity contribution in [2.75, 3.05) is 0 Å². The lowest BCUT2D eigenvalue weighted by Crippen LogP contribution is -2.00. The topological polar surface area (TPSA) is 56.7 Å². The summed E-state index contributed by atoms with van der Waals surface area (Å²) in [5, 5.41) is 4.60. The zero-order chi connectivity index (χ0) is 41.0. The lowest BCUT2D eigenvalue weighted by Gasteiger charge is -2.15. The van der Waals surface area contributed by atoms with Gasteiger partial charge in [0, 0.05) is 43.9 Å². The molecule has 0 unspecified atom stereocenters. The van der Waals surface area contributed by atoms with Crippen molar-refractivity contribution in [3.63, 3.8) is 0 Å². The van der Waals surface area contributed by atoms with Crippen LogP contribution in [0.3, 0.4) is 0 Å². The van der Waals surface area contributed by atoms with Crippen LogP contribution in [-0.4, -0.2) is 19.5 Å². The largest absolute Gasteiger partial charge is 0.456 e.